The minimum absolute atomic E-state index is 0.0615. The first-order valence-corrected chi connectivity index (χ1v) is 5.74. The number of nitrogens with zero attached hydrogens (tertiary/aromatic N) is 1. The van der Waals surface area contributed by atoms with E-state index in [0.717, 1.165) is 17.5 Å². The molecule has 0 spiro atoms. The number of carboxylic acids is 1. The Hall–Kier alpha value is -1.96. The van der Waals surface area contributed by atoms with E-state index < -0.39 is 23.4 Å². The molecular weight excluding hydrogens is 260 g/mol. The van der Waals surface area contributed by atoms with Gasteiger partial charge in [-0.15, -0.1) is 0 Å². The maximum absolute atomic E-state index is 11.4. The third-order valence-electron chi connectivity index (χ3n) is 1.53. The zero-order valence-electron chi connectivity index (χ0n) is 10.0. The molecule has 1 aromatic rings. The number of carbonyl (C=O) groups is 3. The topological polar surface area (TPSA) is 106 Å². The lowest BCUT2D eigenvalue weighted by atomic mass is 10.2. The number of aromatic nitrogens is 1. The Labute approximate surface area is 107 Å². The molecular formula is C10H12N2O5S. The van der Waals surface area contributed by atoms with Crippen molar-refractivity contribution in [1.29, 1.82) is 0 Å². The van der Waals surface area contributed by atoms with E-state index in [9.17, 15) is 14.4 Å². The number of hydrogen-bond donors (Lipinski definition) is 2. The van der Waals surface area contributed by atoms with Crippen molar-refractivity contribution in [2.45, 2.75) is 26.4 Å². The summed E-state index contributed by atoms with van der Waals surface area (Å²) in [5.74, 6) is -2.63. The van der Waals surface area contributed by atoms with Gasteiger partial charge in [0.1, 0.15) is 10.5 Å². The summed E-state index contributed by atoms with van der Waals surface area (Å²) in [7, 11) is 0. The molecule has 0 saturated carbocycles. The van der Waals surface area contributed by atoms with Crippen LogP contribution in [0.25, 0.3) is 0 Å². The molecule has 0 atom stereocenters. The average Bonchev–Trinajstić information content (AvgIpc) is 2.61. The summed E-state index contributed by atoms with van der Waals surface area (Å²) in [6.45, 7) is 5.11. The highest BCUT2D eigenvalue weighted by Gasteiger charge is 2.20. The molecule has 0 radical (unpaired) electrons. The molecule has 8 heteroatoms. The second-order valence-electron chi connectivity index (χ2n) is 4.29. The number of Topliss-reactive ketones (excluding diaryl/α,β-unsaturated/α-hetero) is 1. The normalized spacial score (nSPS) is 10.8. The van der Waals surface area contributed by atoms with Gasteiger partial charge in [0.15, 0.2) is 5.13 Å². The Morgan fingerprint density at radius 2 is 2.00 bits per heavy atom. The third-order valence-corrected chi connectivity index (χ3v) is 2.44. The monoisotopic (exact) mass is 272 g/mol. The molecule has 1 rings (SSSR count). The molecule has 0 fully saturated rings. The van der Waals surface area contributed by atoms with Crippen molar-refractivity contribution in [3.8, 4) is 0 Å². The summed E-state index contributed by atoms with van der Waals surface area (Å²) in [5, 5.41) is 10.9. The van der Waals surface area contributed by atoms with Crippen molar-refractivity contribution in [2.75, 3.05) is 5.32 Å². The number of hydrogen-bond acceptors (Lipinski definition) is 6. The van der Waals surface area contributed by atoms with E-state index in [4.69, 9.17) is 9.84 Å². The van der Waals surface area contributed by atoms with Crippen LogP contribution in [0.15, 0.2) is 6.20 Å². The fraction of sp³-hybridized carbons (Fsp3) is 0.400. The van der Waals surface area contributed by atoms with Gasteiger partial charge >= 0.3 is 12.1 Å². The van der Waals surface area contributed by atoms with Gasteiger partial charge in [0.25, 0.3) is 5.78 Å². The minimum atomic E-state index is -1.57. The van der Waals surface area contributed by atoms with Crippen LogP contribution in [0, 0.1) is 0 Å². The number of anilines is 1. The van der Waals surface area contributed by atoms with E-state index in [1.54, 1.807) is 20.8 Å². The van der Waals surface area contributed by atoms with Crippen molar-refractivity contribution >= 4 is 34.3 Å². The highest BCUT2D eigenvalue weighted by molar-refractivity contribution is 7.18. The molecule has 0 aliphatic heterocycles. The van der Waals surface area contributed by atoms with E-state index >= 15 is 0 Å². The molecule has 0 bridgehead atoms. The molecule has 2 N–H and O–H groups in total. The van der Waals surface area contributed by atoms with Crippen LogP contribution in [0.3, 0.4) is 0 Å². The van der Waals surface area contributed by atoms with Crippen LogP contribution < -0.4 is 5.32 Å². The Morgan fingerprint density at radius 1 is 1.39 bits per heavy atom. The summed E-state index contributed by atoms with van der Waals surface area (Å²) in [6, 6.07) is 0. The standard InChI is InChI=1S/C10H12N2O5S/c1-10(2,3)17-9(16)12-8-11-4-5(18-8)6(13)7(14)15/h4H,1-3H3,(H,14,15)(H,11,12,16). The minimum Gasteiger partial charge on any atom is -0.475 e. The third kappa shape index (κ3) is 4.13. The first kappa shape index (κ1) is 14.1. The summed E-state index contributed by atoms with van der Waals surface area (Å²) < 4.78 is 4.97. The lowest BCUT2D eigenvalue weighted by molar-refractivity contribution is -0.131. The summed E-state index contributed by atoms with van der Waals surface area (Å²) in [5.41, 5.74) is -0.652. The first-order valence-electron chi connectivity index (χ1n) is 4.92. The van der Waals surface area contributed by atoms with E-state index in [-0.39, 0.29) is 10.0 Å². The quantitative estimate of drug-likeness (QED) is 0.641. The summed E-state index contributed by atoms with van der Waals surface area (Å²) >= 11 is 0.770. The van der Waals surface area contributed by atoms with E-state index in [1.165, 1.54) is 0 Å². The molecule has 7 nitrogen and oxygen atoms in total. The molecule has 1 amide bonds. The van der Waals surface area contributed by atoms with Gasteiger partial charge in [-0.3, -0.25) is 10.1 Å². The van der Waals surface area contributed by atoms with E-state index in [2.05, 4.69) is 10.3 Å². The fourth-order valence-electron chi connectivity index (χ4n) is 0.933. The number of ether oxygens (including phenoxy) is 1. The molecule has 0 aliphatic rings. The summed E-state index contributed by atoms with van der Waals surface area (Å²) in [4.78, 5) is 36.6. The van der Waals surface area contributed by atoms with Gasteiger partial charge < -0.3 is 9.84 Å². The van der Waals surface area contributed by atoms with Crippen LogP contribution in [0.5, 0.6) is 0 Å². The molecule has 0 unspecified atom stereocenters. The van der Waals surface area contributed by atoms with Gasteiger partial charge in [-0.25, -0.2) is 14.6 Å². The molecule has 0 aliphatic carbocycles. The van der Waals surface area contributed by atoms with Crippen LogP contribution >= 0.6 is 11.3 Å². The Balaban J connectivity index is 2.68. The van der Waals surface area contributed by atoms with Gasteiger partial charge in [0.2, 0.25) is 0 Å². The van der Waals surface area contributed by atoms with Crippen LogP contribution in [-0.4, -0.2) is 33.5 Å². The lowest BCUT2D eigenvalue weighted by Gasteiger charge is -2.18. The van der Waals surface area contributed by atoms with Crippen LogP contribution in [0.1, 0.15) is 30.4 Å². The fourth-order valence-corrected chi connectivity index (χ4v) is 1.67. The number of thiazole rings is 1. The van der Waals surface area contributed by atoms with Crippen molar-refractivity contribution in [1.82, 2.24) is 4.98 Å². The average molecular weight is 272 g/mol. The molecule has 98 valence electrons. The van der Waals surface area contributed by atoms with Crippen LogP contribution in [0.2, 0.25) is 0 Å². The maximum Gasteiger partial charge on any atom is 0.413 e. The van der Waals surface area contributed by atoms with Crippen LogP contribution in [-0.2, 0) is 9.53 Å². The number of carbonyl (C=O) groups excluding carboxylic acids is 2. The first-order chi connectivity index (χ1) is 8.19. The van der Waals surface area contributed by atoms with Crippen molar-refractivity contribution in [3.05, 3.63) is 11.1 Å². The zero-order valence-corrected chi connectivity index (χ0v) is 10.8. The largest absolute Gasteiger partial charge is 0.475 e. The van der Waals surface area contributed by atoms with E-state index in [0.29, 0.717) is 0 Å². The number of aliphatic carboxylic acids is 1. The van der Waals surface area contributed by atoms with Crippen molar-refractivity contribution in [2.24, 2.45) is 0 Å². The lowest BCUT2D eigenvalue weighted by Crippen LogP contribution is -2.27. The van der Waals surface area contributed by atoms with Gasteiger partial charge in [-0.2, -0.15) is 0 Å². The predicted molar refractivity (Wildman–Crippen MR) is 63.9 cm³/mol. The Morgan fingerprint density at radius 3 is 2.50 bits per heavy atom. The van der Waals surface area contributed by atoms with Gasteiger partial charge in [0.05, 0.1) is 6.20 Å². The van der Waals surface area contributed by atoms with E-state index in [1.807, 2.05) is 0 Å². The number of carboxylic acid groups (broad SMARTS) is 1. The second-order valence-corrected chi connectivity index (χ2v) is 5.32. The SMILES string of the molecule is CC(C)(C)OC(=O)Nc1ncc(C(=O)C(=O)O)s1. The Kier molecular flexibility index (Phi) is 4.02. The van der Waals surface area contributed by atoms with Crippen molar-refractivity contribution in [3.63, 3.8) is 0 Å². The predicted octanol–water partition coefficient (Wildman–Crippen LogP) is 1.76. The molecule has 1 heterocycles. The number of nitrogens with one attached hydrogen (secondary N) is 1. The smallest absolute Gasteiger partial charge is 0.413 e. The molecule has 18 heavy (non-hydrogen) atoms. The molecule has 0 saturated heterocycles. The van der Waals surface area contributed by atoms with Gasteiger partial charge in [-0.05, 0) is 20.8 Å². The zero-order chi connectivity index (χ0) is 13.9. The molecule has 0 aromatic carbocycles. The highest BCUT2D eigenvalue weighted by Crippen LogP contribution is 2.19. The maximum atomic E-state index is 11.4. The second kappa shape index (κ2) is 5.13. The summed E-state index contributed by atoms with van der Waals surface area (Å²) in [6.07, 6.45) is 0.375. The molecule has 1 aromatic heterocycles. The number of rotatable bonds is 3. The van der Waals surface area contributed by atoms with Gasteiger partial charge in [0, 0.05) is 0 Å². The van der Waals surface area contributed by atoms with Gasteiger partial charge in [-0.1, -0.05) is 11.3 Å². The number of ketones is 1. The number of amides is 1. The van der Waals surface area contributed by atoms with Crippen molar-refractivity contribution < 1.29 is 24.2 Å². The Bertz CT molecular complexity index is 489. The highest BCUT2D eigenvalue weighted by atomic mass is 32.1. The van der Waals surface area contributed by atoms with Crippen LogP contribution in [0.4, 0.5) is 9.93 Å².